The Morgan fingerprint density at radius 3 is 1.24 bits per heavy atom. The summed E-state index contributed by atoms with van der Waals surface area (Å²) in [5.41, 5.74) is 8.16. The number of aryl methyl sites for hydroxylation is 4. The SMILES string of the molecule is Cc1ccc([Se]C2=C([Se]c3ccc(C)cc3)C(c3ccc(C)cc3)(c3ccc(C)cc3)C2)cc1. The summed E-state index contributed by atoms with van der Waals surface area (Å²) in [7, 11) is 0. The molecule has 170 valence electrons. The van der Waals surface area contributed by atoms with E-state index in [2.05, 4.69) is 125 Å². The molecule has 0 aliphatic heterocycles. The van der Waals surface area contributed by atoms with E-state index >= 15 is 0 Å². The van der Waals surface area contributed by atoms with Gasteiger partial charge in [0.2, 0.25) is 0 Å². The molecule has 0 radical (unpaired) electrons. The van der Waals surface area contributed by atoms with Crippen molar-refractivity contribution in [3.05, 3.63) is 139 Å². The molecule has 0 heterocycles. The van der Waals surface area contributed by atoms with Crippen molar-refractivity contribution in [1.82, 2.24) is 0 Å². The first-order valence-corrected chi connectivity index (χ1v) is 15.2. The van der Waals surface area contributed by atoms with Gasteiger partial charge in [-0.2, -0.15) is 0 Å². The zero-order chi connectivity index (χ0) is 23.7. The van der Waals surface area contributed by atoms with E-state index < -0.39 is 0 Å². The Labute approximate surface area is 216 Å². The topological polar surface area (TPSA) is 0 Å². The predicted octanol–water partition coefficient (Wildman–Crippen LogP) is 5.88. The van der Waals surface area contributed by atoms with Crippen LogP contribution in [0.5, 0.6) is 0 Å². The van der Waals surface area contributed by atoms with Crippen molar-refractivity contribution in [2.24, 2.45) is 0 Å². The van der Waals surface area contributed by atoms with E-state index in [-0.39, 0.29) is 20.4 Å². The molecule has 1 aliphatic carbocycles. The van der Waals surface area contributed by atoms with Crippen LogP contribution in [0.25, 0.3) is 0 Å². The van der Waals surface area contributed by atoms with Gasteiger partial charge in [0.25, 0.3) is 0 Å². The second kappa shape index (κ2) is 9.73. The first-order chi connectivity index (χ1) is 16.4. The van der Waals surface area contributed by atoms with Crippen LogP contribution in [0.15, 0.2) is 106 Å². The van der Waals surface area contributed by atoms with Crippen molar-refractivity contribution in [2.75, 3.05) is 0 Å². The average Bonchev–Trinajstić information content (AvgIpc) is 2.84. The van der Waals surface area contributed by atoms with Crippen LogP contribution in [-0.4, -0.2) is 29.9 Å². The zero-order valence-corrected chi connectivity index (χ0v) is 23.7. The van der Waals surface area contributed by atoms with Crippen molar-refractivity contribution in [3.63, 3.8) is 0 Å². The van der Waals surface area contributed by atoms with E-state index in [1.165, 1.54) is 42.3 Å². The molecule has 0 spiro atoms. The fourth-order valence-electron chi connectivity index (χ4n) is 4.54. The summed E-state index contributed by atoms with van der Waals surface area (Å²) in [4.78, 5) is 0. The molecule has 4 aromatic carbocycles. The minimum atomic E-state index is -0.0198. The van der Waals surface area contributed by atoms with Crippen LogP contribution in [0.2, 0.25) is 0 Å². The quantitative estimate of drug-likeness (QED) is 0.253. The van der Waals surface area contributed by atoms with Crippen molar-refractivity contribution < 1.29 is 0 Å². The third kappa shape index (κ3) is 4.61. The van der Waals surface area contributed by atoms with Gasteiger partial charge in [0.1, 0.15) is 0 Å². The molecule has 0 saturated carbocycles. The summed E-state index contributed by atoms with van der Waals surface area (Å²) >= 11 is 0.637. The number of hydrogen-bond acceptors (Lipinski definition) is 0. The van der Waals surface area contributed by atoms with Crippen LogP contribution in [0, 0.1) is 27.7 Å². The average molecular weight is 573 g/mol. The third-order valence-corrected chi connectivity index (χ3v) is 12.4. The van der Waals surface area contributed by atoms with E-state index in [0.29, 0.717) is 15.0 Å². The summed E-state index contributed by atoms with van der Waals surface area (Å²) in [6.07, 6.45) is 1.12. The van der Waals surface area contributed by atoms with Gasteiger partial charge in [-0.3, -0.25) is 0 Å². The molecule has 0 amide bonds. The maximum absolute atomic E-state index is 2.37. The molecule has 0 aromatic heterocycles. The normalized spacial score (nSPS) is 14.7. The molecule has 0 atom stereocenters. The van der Waals surface area contributed by atoms with Gasteiger partial charge < -0.3 is 0 Å². The second-order valence-electron chi connectivity index (χ2n) is 9.40. The summed E-state index contributed by atoms with van der Waals surface area (Å²) in [6.45, 7) is 8.71. The van der Waals surface area contributed by atoms with Gasteiger partial charge in [-0.25, -0.2) is 0 Å². The van der Waals surface area contributed by atoms with Crippen LogP contribution in [-0.2, 0) is 5.41 Å². The van der Waals surface area contributed by atoms with Crippen LogP contribution >= 0.6 is 0 Å². The Balaban J connectivity index is 1.65. The monoisotopic (exact) mass is 574 g/mol. The zero-order valence-electron chi connectivity index (χ0n) is 20.3. The molecule has 1 aliphatic rings. The Morgan fingerprint density at radius 1 is 0.471 bits per heavy atom. The molecule has 0 saturated heterocycles. The van der Waals surface area contributed by atoms with Crippen LogP contribution in [0.1, 0.15) is 39.8 Å². The molecular weight excluding hydrogens is 542 g/mol. The molecule has 0 bridgehead atoms. The molecule has 0 unspecified atom stereocenters. The molecule has 0 fully saturated rings. The van der Waals surface area contributed by atoms with Gasteiger partial charge in [0.15, 0.2) is 0 Å². The van der Waals surface area contributed by atoms with Gasteiger partial charge in [-0.05, 0) is 0 Å². The van der Waals surface area contributed by atoms with Crippen molar-refractivity contribution in [3.8, 4) is 0 Å². The Morgan fingerprint density at radius 2 is 0.824 bits per heavy atom. The third-order valence-electron chi connectivity index (χ3n) is 6.66. The summed E-state index contributed by atoms with van der Waals surface area (Å²) in [5.74, 6) is 0. The molecule has 0 N–H and O–H groups in total. The van der Waals surface area contributed by atoms with Crippen molar-refractivity contribution in [2.45, 2.75) is 39.5 Å². The molecule has 4 aromatic rings. The molecular formula is C32H30Se2. The molecule has 0 nitrogen and oxygen atoms in total. The van der Waals surface area contributed by atoms with Gasteiger partial charge in [0, 0.05) is 0 Å². The fraction of sp³-hybridized carbons (Fsp3) is 0.188. The standard InChI is InChI=1S/C32H30Se2/c1-22-5-13-26(14-6-22)32(27-15-7-23(2)8-16-27)21-30(33-28-17-9-24(3)10-18-28)31(32)34-29-19-11-25(4)12-20-29/h5-20H,21H2,1-4H3. The first-order valence-electron chi connectivity index (χ1n) is 11.8. The van der Waals surface area contributed by atoms with Gasteiger partial charge >= 0.3 is 218 Å². The van der Waals surface area contributed by atoms with Gasteiger partial charge in [0.05, 0.1) is 0 Å². The Kier molecular flexibility index (Phi) is 6.69. The van der Waals surface area contributed by atoms with Gasteiger partial charge in [-0.15, -0.1) is 0 Å². The Hall–Kier alpha value is -2.34. The Bertz CT molecular complexity index is 1260. The number of allylic oxidation sites excluding steroid dienone is 2. The molecule has 34 heavy (non-hydrogen) atoms. The number of benzene rings is 4. The van der Waals surface area contributed by atoms with Crippen LogP contribution in [0.3, 0.4) is 0 Å². The van der Waals surface area contributed by atoms with E-state index in [1.54, 1.807) is 8.94 Å². The van der Waals surface area contributed by atoms with E-state index in [0.717, 1.165) is 6.42 Å². The summed E-state index contributed by atoms with van der Waals surface area (Å²) in [6, 6.07) is 37.0. The van der Waals surface area contributed by atoms with E-state index in [1.807, 2.05) is 0 Å². The number of hydrogen-bond donors (Lipinski definition) is 0. The van der Waals surface area contributed by atoms with Crippen LogP contribution in [0.4, 0.5) is 0 Å². The van der Waals surface area contributed by atoms with Crippen LogP contribution < -0.4 is 8.92 Å². The number of rotatable bonds is 6. The summed E-state index contributed by atoms with van der Waals surface area (Å²) < 4.78 is 6.29. The second-order valence-corrected chi connectivity index (χ2v) is 14.1. The fourth-order valence-corrected chi connectivity index (χ4v) is 10.3. The van der Waals surface area contributed by atoms with Crippen molar-refractivity contribution in [1.29, 1.82) is 0 Å². The maximum atomic E-state index is 2.37. The van der Waals surface area contributed by atoms with E-state index in [4.69, 9.17) is 0 Å². The summed E-state index contributed by atoms with van der Waals surface area (Å²) in [5, 5.41) is 0. The van der Waals surface area contributed by atoms with E-state index in [9.17, 15) is 0 Å². The predicted molar refractivity (Wildman–Crippen MR) is 148 cm³/mol. The van der Waals surface area contributed by atoms with Gasteiger partial charge in [-0.1, -0.05) is 0 Å². The van der Waals surface area contributed by atoms with Crippen molar-refractivity contribution >= 4 is 38.8 Å². The molecule has 5 rings (SSSR count). The molecule has 2 heteroatoms. The minimum absolute atomic E-state index is 0.0198. The first kappa shape index (κ1) is 23.4.